The largest absolute Gasteiger partial charge is 0.369 e. The fraction of sp³-hybridized carbons (Fsp3) is 1.00. The first kappa shape index (κ1) is 8.84. The first-order chi connectivity index (χ1) is 3.25. The van der Waals surface area contributed by atoms with E-state index in [9.17, 15) is 4.57 Å². The predicted molar refractivity (Wildman–Crippen MR) is 36.7 cm³/mol. The van der Waals surface area contributed by atoms with E-state index in [-0.39, 0.29) is 0 Å². The van der Waals surface area contributed by atoms with Crippen LogP contribution in [0.5, 0.6) is 0 Å². The highest BCUT2D eigenvalue weighted by Crippen LogP contribution is 2.52. The summed E-state index contributed by atoms with van der Waals surface area (Å²) in [4.78, 5) is 16.4. The smallest absolute Gasteiger partial charge is 0.366 e. The van der Waals surface area contributed by atoms with Crippen LogP contribution in [-0.2, 0) is 4.57 Å². The van der Waals surface area contributed by atoms with Gasteiger partial charge in [0.25, 0.3) is 0 Å². The summed E-state index contributed by atoms with van der Waals surface area (Å²) in [6.45, 7) is 1.05. The molecule has 6 heteroatoms. The van der Waals surface area contributed by atoms with Crippen LogP contribution in [-0.4, -0.2) is 18.2 Å². The summed E-state index contributed by atoms with van der Waals surface area (Å²) in [5.74, 6) is 0. The lowest BCUT2D eigenvalue weighted by Gasteiger charge is -2.15. The van der Waals surface area contributed by atoms with Crippen molar-refractivity contribution in [2.24, 2.45) is 0 Å². The Bertz CT molecular complexity index is 120. The van der Waals surface area contributed by atoms with Gasteiger partial charge in [-0.05, 0) is 29.5 Å². The lowest BCUT2D eigenvalue weighted by atomic mass is 10.9. The van der Waals surface area contributed by atoms with Gasteiger partial charge in [0.1, 0.15) is 0 Å². The first-order valence-electron chi connectivity index (χ1n) is 1.72. The van der Waals surface area contributed by atoms with Gasteiger partial charge in [-0.2, -0.15) is 0 Å². The van der Waals surface area contributed by atoms with E-state index in [1.807, 2.05) is 0 Å². The quantitative estimate of drug-likeness (QED) is 0.355. The van der Waals surface area contributed by atoms with Crippen LogP contribution in [0.4, 0.5) is 0 Å². The Morgan fingerprint density at radius 3 is 1.75 bits per heavy atom. The average molecular weight is 252 g/mol. The molecule has 50 valence electrons. The topological polar surface area (TPSA) is 77.8 Å². The van der Waals surface area contributed by atoms with Crippen molar-refractivity contribution in [1.82, 2.24) is 0 Å². The number of halogens is 1. The molecule has 1 atom stereocenters. The van der Waals surface area contributed by atoms with Crippen LogP contribution < -0.4 is 0 Å². The molecule has 0 saturated heterocycles. The van der Waals surface area contributed by atoms with Gasteiger partial charge in [-0.3, -0.25) is 4.57 Å². The molecule has 0 fully saturated rings. The molecule has 4 nitrogen and oxygen atoms in total. The summed E-state index contributed by atoms with van der Waals surface area (Å²) in [6, 6.07) is 0. The maximum absolute atomic E-state index is 10.1. The van der Waals surface area contributed by atoms with E-state index in [4.69, 9.17) is 14.9 Å². The van der Waals surface area contributed by atoms with Crippen molar-refractivity contribution in [2.45, 2.75) is 10.3 Å². The average Bonchev–Trinajstić information content (AvgIpc) is 1.25. The predicted octanol–water partition coefficient (Wildman–Crippen LogP) is 0.265. The second-order valence-electron chi connectivity index (χ2n) is 1.45. The molecule has 0 aromatic rings. The van der Waals surface area contributed by atoms with Crippen molar-refractivity contribution in [3.05, 3.63) is 0 Å². The molecular formula is C2H6IO4P. The van der Waals surface area contributed by atoms with Crippen LogP contribution >= 0.6 is 30.2 Å². The van der Waals surface area contributed by atoms with E-state index in [1.165, 1.54) is 22.6 Å². The second kappa shape index (κ2) is 2.22. The molecule has 0 aliphatic heterocycles. The van der Waals surface area contributed by atoms with Crippen molar-refractivity contribution in [3.8, 4) is 0 Å². The molecule has 0 aliphatic rings. The van der Waals surface area contributed by atoms with Gasteiger partial charge in [0.15, 0.2) is 0 Å². The third-order valence-electron chi connectivity index (χ3n) is 0.532. The summed E-state index contributed by atoms with van der Waals surface area (Å²) < 4.78 is 8.16. The van der Waals surface area contributed by atoms with Gasteiger partial charge in [-0.1, -0.05) is 0 Å². The van der Waals surface area contributed by atoms with Gasteiger partial charge in [0.2, 0.25) is 3.35 Å². The minimum atomic E-state index is -4.31. The molecule has 1 unspecified atom stereocenters. The van der Waals surface area contributed by atoms with Gasteiger partial charge >= 0.3 is 7.60 Å². The zero-order chi connectivity index (χ0) is 7.00. The molecule has 0 bridgehead atoms. The summed E-state index contributed by atoms with van der Waals surface area (Å²) in [5.41, 5.74) is 0. The van der Waals surface area contributed by atoms with Crippen LogP contribution in [0.15, 0.2) is 0 Å². The van der Waals surface area contributed by atoms with Crippen molar-refractivity contribution in [1.29, 1.82) is 0 Å². The molecule has 0 rings (SSSR count). The molecule has 0 saturated carbocycles. The van der Waals surface area contributed by atoms with E-state index in [0.29, 0.717) is 0 Å². The Kier molecular flexibility index (Phi) is 2.46. The molecule has 0 radical (unpaired) electrons. The summed E-state index contributed by atoms with van der Waals surface area (Å²) >= 11 is 1.28. The minimum Gasteiger partial charge on any atom is -0.369 e. The van der Waals surface area contributed by atoms with Gasteiger partial charge in [-0.15, -0.1) is 0 Å². The fourth-order valence-corrected chi connectivity index (χ4v) is 0. The number of hydrogen-bond acceptors (Lipinski definition) is 2. The Morgan fingerprint density at radius 1 is 1.62 bits per heavy atom. The van der Waals surface area contributed by atoms with Crippen LogP contribution in [0.3, 0.4) is 0 Å². The van der Waals surface area contributed by atoms with Crippen LogP contribution in [0, 0.1) is 0 Å². The molecule has 0 amide bonds. The van der Waals surface area contributed by atoms with Crippen molar-refractivity contribution >= 4 is 30.2 Å². The number of rotatable bonds is 1. The Hall–Kier alpha value is 0.840. The zero-order valence-corrected chi connectivity index (χ0v) is 7.13. The highest BCUT2D eigenvalue weighted by atomic mass is 127. The summed E-state index contributed by atoms with van der Waals surface area (Å²) in [5, 5.41) is 8.58. The van der Waals surface area contributed by atoms with Crippen LogP contribution in [0.1, 0.15) is 6.92 Å². The van der Waals surface area contributed by atoms with E-state index in [2.05, 4.69) is 0 Å². The number of aliphatic hydroxyl groups is 1. The SMILES string of the molecule is CC(O)(I)P(=O)(O)O. The highest BCUT2D eigenvalue weighted by molar-refractivity contribution is 14.1. The number of alkyl halides is 1. The van der Waals surface area contributed by atoms with Crippen molar-refractivity contribution in [3.63, 3.8) is 0 Å². The maximum atomic E-state index is 10.1. The highest BCUT2D eigenvalue weighted by Gasteiger charge is 2.36. The van der Waals surface area contributed by atoms with E-state index in [0.717, 1.165) is 6.92 Å². The van der Waals surface area contributed by atoms with Gasteiger partial charge < -0.3 is 14.9 Å². The molecule has 0 spiro atoms. The first-order valence-corrected chi connectivity index (χ1v) is 4.41. The van der Waals surface area contributed by atoms with E-state index >= 15 is 0 Å². The van der Waals surface area contributed by atoms with Crippen LogP contribution in [0.2, 0.25) is 0 Å². The molecule has 0 heterocycles. The number of hydrogen-bond donors (Lipinski definition) is 3. The fourth-order valence-electron chi connectivity index (χ4n) is 0. The Morgan fingerprint density at radius 2 is 1.75 bits per heavy atom. The summed E-state index contributed by atoms with van der Waals surface area (Å²) in [7, 11) is -4.31. The molecule has 8 heavy (non-hydrogen) atoms. The molecule has 3 N–H and O–H groups in total. The minimum absolute atomic E-state index is 1.05. The van der Waals surface area contributed by atoms with Crippen LogP contribution in [0.25, 0.3) is 0 Å². The summed E-state index contributed by atoms with van der Waals surface area (Å²) in [6.07, 6.45) is 0. The third kappa shape index (κ3) is 2.41. The zero-order valence-electron chi connectivity index (χ0n) is 4.08. The molecular weight excluding hydrogens is 246 g/mol. The Labute approximate surface area is 60.2 Å². The second-order valence-corrected chi connectivity index (χ2v) is 6.36. The normalized spacial score (nSPS) is 20.1. The third-order valence-corrected chi connectivity index (χ3v) is 3.48. The molecule has 0 aliphatic carbocycles. The lowest BCUT2D eigenvalue weighted by molar-refractivity contribution is 0.204. The standard InChI is InChI=1S/C2H6IO4P/c1-2(3,4)8(5,6)7/h4H,1H3,(H2,5,6,7). The van der Waals surface area contributed by atoms with Crippen molar-refractivity contribution < 1.29 is 19.5 Å². The van der Waals surface area contributed by atoms with E-state index < -0.39 is 10.9 Å². The van der Waals surface area contributed by atoms with Gasteiger partial charge in [0, 0.05) is 0 Å². The maximum Gasteiger partial charge on any atom is 0.366 e. The lowest BCUT2D eigenvalue weighted by Crippen LogP contribution is -2.13. The molecule has 0 aromatic heterocycles. The van der Waals surface area contributed by atoms with Gasteiger partial charge in [0.05, 0.1) is 0 Å². The van der Waals surface area contributed by atoms with Gasteiger partial charge in [-0.25, -0.2) is 0 Å². The monoisotopic (exact) mass is 252 g/mol. The molecule has 0 aromatic carbocycles. The van der Waals surface area contributed by atoms with E-state index in [1.54, 1.807) is 0 Å². The Balaban J connectivity index is 4.26. The van der Waals surface area contributed by atoms with Crippen molar-refractivity contribution in [2.75, 3.05) is 0 Å².